The highest BCUT2D eigenvalue weighted by Gasteiger charge is 2.66. The Kier molecular flexibility index (Phi) is 21.8. The third-order valence-electron chi connectivity index (χ3n) is 21.8. The Hall–Kier alpha value is -2.64. The molecule has 464 valence electrons. The fourth-order valence-corrected chi connectivity index (χ4v) is 17.2. The maximum atomic E-state index is 14.4. The van der Waals surface area contributed by atoms with Gasteiger partial charge in [0.15, 0.2) is 12.6 Å². The van der Waals surface area contributed by atoms with Gasteiger partial charge in [-0.25, -0.2) is 0 Å². The van der Waals surface area contributed by atoms with Crippen LogP contribution in [0.15, 0.2) is 0 Å². The molecule has 3 amide bonds. The first-order valence-corrected chi connectivity index (χ1v) is 31.0. The van der Waals surface area contributed by atoms with Crippen molar-refractivity contribution >= 4 is 23.7 Å². The van der Waals surface area contributed by atoms with Crippen LogP contribution in [0.5, 0.6) is 0 Å². The lowest BCUT2D eigenvalue weighted by Crippen LogP contribution is -2.67. The van der Waals surface area contributed by atoms with E-state index in [2.05, 4.69) is 31.4 Å². The van der Waals surface area contributed by atoms with Gasteiger partial charge in [-0.2, -0.15) is 0 Å². The van der Waals surface area contributed by atoms with Gasteiger partial charge in [0, 0.05) is 39.9 Å². The van der Waals surface area contributed by atoms with Gasteiger partial charge in [-0.3, -0.25) is 19.2 Å². The molecule has 8 unspecified atom stereocenters. The number of nitrogens with one attached hydrogen (secondary N) is 2. The summed E-state index contributed by atoms with van der Waals surface area (Å²) in [4.78, 5) is 54.2. The van der Waals surface area contributed by atoms with E-state index in [9.17, 15) is 60.0 Å². The number of aliphatic hydroxyl groups is 7. The second kappa shape index (κ2) is 27.4. The molecule has 21 heteroatoms. The normalized spacial score (nSPS) is 44.4. The number of rotatable bonds is 21. The standard InChI is InChI=1S/C60H101N3O18/c1-9-34-24-35(55(74)61-21-22-76-37-19-20-59(5)36(26-37)27-41(66)47-39-17-16-38(30(2)15-18-46(68)69)60(39,6)45(67)28-40(47)59)25-42(53(34)81-58-52(73)51(72)49(70)31(3)77-58)79-57-48(62-32(4)65)54(50(71)44(29-64)80-57)78-43(56(75)63(7)8)23-33-13-11-10-12-14-33/h30-31,33-45,47-54,57-58,64,66-67,70-73H,9-29H2,1-8H3,(H,61,74)(H,62,65)(H,68,69)/t30-,31?,34?,35?,36+,37-,38-,39?,40+,41-,42-,43+,44-,45+,47+,48-,49?,50+,51?,52?,53-,54-,57+,58?,59+,60-/m1/s1. The number of amides is 3. The number of hydrogen-bond acceptors (Lipinski definition) is 17. The number of aliphatic hydroxyl groups excluding tert-OH is 7. The molecule has 0 radical (unpaired) electrons. The molecule has 6 saturated carbocycles. The van der Waals surface area contributed by atoms with Crippen molar-refractivity contribution < 1.29 is 88.5 Å². The average molecular weight is 1150 g/mol. The summed E-state index contributed by atoms with van der Waals surface area (Å²) in [6, 6.07) is -1.24. The minimum Gasteiger partial charge on any atom is -0.481 e. The molecule has 0 aromatic heterocycles. The number of carboxylic acid groups (broad SMARTS) is 1. The number of carbonyl (C=O) groups is 4. The highest BCUT2D eigenvalue weighted by molar-refractivity contribution is 5.80. The summed E-state index contributed by atoms with van der Waals surface area (Å²) < 4.78 is 38.8. The van der Waals surface area contributed by atoms with Crippen molar-refractivity contribution in [3.63, 3.8) is 0 Å². The molecule has 21 nitrogen and oxygen atoms in total. The van der Waals surface area contributed by atoms with Crippen LogP contribution in [0.3, 0.4) is 0 Å². The number of likely N-dealkylation sites (N-methyl/N-ethyl adjacent to an activating group) is 1. The molecule has 2 heterocycles. The van der Waals surface area contributed by atoms with E-state index in [-0.39, 0.29) is 96.2 Å². The van der Waals surface area contributed by atoms with Gasteiger partial charge in [-0.1, -0.05) is 66.2 Å². The topological polar surface area (TPSA) is 313 Å². The van der Waals surface area contributed by atoms with Crippen molar-refractivity contribution in [1.82, 2.24) is 15.5 Å². The molecule has 6 aliphatic carbocycles. The number of fused-ring (bicyclic) bond motifs is 5. The van der Waals surface area contributed by atoms with Crippen LogP contribution >= 0.6 is 0 Å². The first-order chi connectivity index (χ1) is 38.4. The van der Waals surface area contributed by atoms with E-state index in [1.54, 1.807) is 21.0 Å². The van der Waals surface area contributed by atoms with Crippen LogP contribution in [0.1, 0.15) is 157 Å². The van der Waals surface area contributed by atoms with E-state index in [0.29, 0.717) is 38.5 Å². The van der Waals surface area contributed by atoms with Crippen molar-refractivity contribution in [1.29, 1.82) is 0 Å². The molecular formula is C60H101N3O18. The van der Waals surface area contributed by atoms with Crippen molar-refractivity contribution in [2.45, 2.75) is 255 Å². The smallest absolute Gasteiger partial charge is 0.303 e. The number of nitrogens with zero attached hydrogens (tertiary/aromatic N) is 1. The van der Waals surface area contributed by atoms with Gasteiger partial charge in [-0.05, 0) is 136 Å². The van der Waals surface area contributed by atoms with Crippen molar-refractivity contribution in [2.24, 2.45) is 64.1 Å². The summed E-state index contributed by atoms with van der Waals surface area (Å²) in [5, 5.41) is 94.4. The molecule has 8 aliphatic rings. The lowest BCUT2D eigenvalue weighted by atomic mass is 9.43. The predicted molar refractivity (Wildman–Crippen MR) is 293 cm³/mol. The van der Waals surface area contributed by atoms with E-state index >= 15 is 0 Å². The van der Waals surface area contributed by atoms with Crippen LogP contribution < -0.4 is 10.6 Å². The third-order valence-corrected chi connectivity index (χ3v) is 21.8. The predicted octanol–water partition coefficient (Wildman–Crippen LogP) is 3.02. The van der Waals surface area contributed by atoms with Gasteiger partial charge in [0.2, 0.25) is 11.8 Å². The summed E-state index contributed by atoms with van der Waals surface area (Å²) in [6.07, 6.45) is -4.22. The van der Waals surface area contributed by atoms with E-state index in [4.69, 9.17) is 28.4 Å². The zero-order valence-electron chi connectivity index (χ0n) is 49.4. The molecular weight excluding hydrogens is 1050 g/mol. The van der Waals surface area contributed by atoms with Gasteiger partial charge >= 0.3 is 5.97 Å². The van der Waals surface area contributed by atoms with Crippen LogP contribution in [0.4, 0.5) is 0 Å². The second-order valence-electron chi connectivity index (χ2n) is 26.9. The van der Waals surface area contributed by atoms with Crippen LogP contribution in [0.25, 0.3) is 0 Å². The number of carboxylic acids is 1. The minimum atomic E-state index is -1.65. The number of carbonyl (C=O) groups excluding carboxylic acids is 3. The SMILES string of the molecule is CCC1CC(C(=O)NCCO[C@@H]2CC[C@@]3(C)[C@@H](C2)C[C@@H](O)[C@H]2C4CC[C@H]([C@H](C)CCC(=O)O)[C@@]4(C)[C@@H](O)C[C@@H]23)C[C@@H](O[C@H]2O[C@H](CO)[C@H](O)[C@H](O[C@@H](CC3CCCCC3)C(=O)N(C)C)[C@H]2NC(C)=O)[C@@H]1OC1OC(C)C(O)C(O)C1O. The van der Waals surface area contributed by atoms with Gasteiger partial charge < -0.3 is 84.8 Å². The lowest BCUT2D eigenvalue weighted by Gasteiger charge is -2.63. The lowest BCUT2D eigenvalue weighted by molar-refractivity contribution is -0.338. The molecule has 0 aromatic rings. The Morgan fingerprint density at radius 3 is 2.21 bits per heavy atom. The van der Waals surface area contributed by atoms with Crippen LogP contribution in [-0.2, 0) is 47.6 Å². The molecule has 10 N–H and O–H groups in total. The number of hydrogen-bond donors (Lipinski definition) is 10. The van der Waals surface area contributed by atoms with Gasteiger partial charge in [-0.15, -0.1) is 0 Å². The molecule has 2 aliphatic heterocycles. The molecule has 8 fully saturated rings. The van der Waals surface area contributed by atoms with E-state index in [1.807, 2.05) is 6.92 Å². The van der Waals surface area contributed by atoms with Gasteiger partial charge in [0.1, 0.15) is 48.8 Å². The number of ether oxygens (including phenoxy) is 6. The first-order valence-electron chi connectivity index (χ1n) is 31.0. The molecule has 0 bridgehead atoms. The van der Waals surface area contributed by atoms with E-state index in [1.165, 1.54) is 11.8 Å². The maximum Gasteiger partial charge on any atom is 0.303 e. The van der Waals surface area contributed by atoms with Crippen LogP contribution in [0.2, 0.25) is 0 Å². The summed E-state index contributed by atoms with van der Waals surface area (Å²) in [5.74, 6) is -1.88. The fraction of sp³-hybridized carbons (Fsp3) is 0.933. The summed E-state index contributed by atoms with van der Waals surface area (Å²) in [7, 11) is 3.24. The summed E-state index contributed by atoms with van der Waals surface area (Å²) in [5.41, 5.74) is -0.472. The molecule has 26 atom stereocenters. The largest absolute Gasteiger partial charge is 0.481 e. The molecule has 2 saturated heterocycles. The monoisotopic (exact) mass is 1150 g/mol. The molecule has 81 heavy (non-hydrogen) atoms. The quantitative estimate of drug-likeness (QED) is 0.0739. The van der Waals surface area contributed by atoms with Gasteiger partial charge in [0.05, 0.1) is 49.8 Å². The first kappa shape index (κ1) is 64.4. The average Bonchev–Trinajstić information content (AvgIpc) is 4.10. The Labute approximate surface area is 479 Å². The fourth-order valence-electron chi connectivity index (χ4n) is 17.2. The highest BCUT2D eigenvalue weighted by Crippen LogP contribution is 2.68. The van der Waals surface area contributed by atoms with Crippen molar-refractivity contribution in [2.75, 3.05) is 33.9 Å². The summed E-state index contributed by atoms with van der Waals surface area (Å²) >= 11 is 0. The minimum absolute atomic E-state index is 0.0395. The zero-order chi connectivity index (χ0) is 58.8. The maximum absolute atomic E-state index is 14.4. The van der Waals surface area contributed by atoms with Crippen molar-refractivity contribution in [3.8, 4) is 0 Å². The number of aliphatic carboxylic acids is 1. The van der Waals surface area contributed by atoms with E-state index in [0.717, 1.165) is 64.2 Å². The van der Waals surface area contributed by atoms with Crippen molar-refractivity contribution in [3.05, 3.63) is 0 Å². The van der Waals surface area contributed by atoms with Gasteiger partial charge in [0.25, 0.3) is 5.91 Å². The van der Waals surface area contributed by atoms with E-state index < -0.39 is 122 Å². The highest BCUT2D eigenvalue weighted by atomic mass is 16.7. The Morgan fingerprint density at radius 1 is 0.815 bits per heavy atom. The molecule has 0 aromatic carbocycles. The molecule has 0 spiro atoms. The van der Waals surface area contributed by atoms with Crippen LogP contribution in [-0.4, -0.2) is 201 Å². The van der Waals surface area contributed by atoms with Crippen LogP contribution in [0, 0.1) is 64.1 Å². The Bertz CT molecular complexity index is 2100. The Morgan fingerprint density at radius 2 is 1.54 bits per heavy atom. The Balaban J connectivity index is 0.943. The zero-order valence-corrected chi connectivity index (χ0v) is 49.4. The second-order valence-corrected chi connectivity index (χ2v) is 26.9. The molecule has 8 rings (SSSR count). The summed E-state index contributed by atoms with van der Waals surface area (Å²) in [6.45, 7) is 11.2. The third kappa shape index (κ3) is 13.8.